The van der Waals surface area contributed by atoms with E-state index in [1.165, 1.54) is 0 Å². The Bertz CT molecular complexity index is 959. The number of benzene rings is 2. The molecule has 0 spiro atoms. The number of hydrogen-bond acceptors (Lipinski definition) is 5. The summed E-state index contributed by atoms with van der Waals surface area (Å²) >= 11 is 0. The van der Waals surface area contributed by atoms with Crippen molar-refractivity contribution in [3.63, 3.8) is 0 Å². The molecule has 2 unspecified atom stereocenters. The molecule has 2 atom stereocenters. The van der Waals surface area contributed by atoms with Gasteiger partial charge in [0.15, 0.2) is 0 Å². The van der Waals surface area contributed by atoms with Crippen LogP contribution in [-0.2, 0) is 9.47 Å². The van der Waals surface area contributed by atoms with Crippen molar-refractivity contribution in [3.05, 3.63) is 60.3 Å². The van der Waals surface area contributed by atoms with Crippen molar-refractivity contribution in [2.45, 2.75) is 19.1 Å². The summed E-state index contributed by atoms with van der Waals surface area (Å²) in [5.41, 5.74) is 4.07. The van der Waals surface area contributed by atoms with E-state index in [0.29, 0.717) is 13.2 Å². The van der Waals surface area contributed by atoms with E-state index in [1.54, 1.807) is 0 Å². The Morgan fingerprint density at radius 1 is 0.964 bits per heavy atom. The van der Waals surface area contributed by atoms with Crippen molar-refractivity contribution < 1.29 is 18.9 Å². The predicted octanol–water partition coefficient (Wildman–Crippen LogP) is 3.40. The molecule has 3 heterocycles. The van der Waals surface area contributed by atoms with E-state index in [9.17, 15) is 0 Å². The van der Waals surface area contributed by atoms with Gasteiger partial charge in [-0.3, -0.25) is 0 Å². The normalized spacial score (nSPS) is 20.0. The highest BCUT2D eigenvalue weighted by atomic mass is 16.6. The van der Waals surface area contributed by atoms with Crippen LogP contribution < -0.4 is 9.47 Å². The van der Waals surface area contributed by atoms with E-state index in [0.717, 1.165) is 47.2 Å². The molecule has 2 aromatic carbocycles. The summed E-state index contributed by atoms with van der Waals surface area (Å²) in [6.45, 7) is 4.88. The summed E-state index contributed by atoms with van der Waals surface area (Å²) in [7, 11) is 0. The number of aryl methyl sites for hydroxylation is 1. The van der Waals surface area contributed by atoms with Gasteiger partial charge in [-0.2, -0.15) is 5.10 Å². The zero-order valence-corrected chi connectivity index (χ0v) is 15.7. The molecule has 0 N–H and O–H groups in total. The van der Waals surface area contributed by atoms with Crippen molar-refractivity contribution in [1.29, 1.82) is 0 Å². The Morgan fingerprint density at radius 3 is 2.36 bits per heavy atom. The van der Waals surface area contributed by atoms with E-state index in [4.69, 9.17) is 24.0 Å². The minimum Gasteiger partial charge on any atom is -0.491 e. The van der Waals surface area contributed by atoms with Gasteiger partial charge in [-0.25, -0.2) is 4.68 Å². The molecule has 2 fully saturated rings. The summed E-state index contributed by atoms with van der Waals surface area (Å²) < 4.78 is 23.7. The van der Waals surface area contributed by atoms with E-state index >= 15 is 0 Å². The SMILES string of the molecule is Cc1cc(-c2ccn(-c3ccc(OCC4CO4)cc3)n2)ccc1OCC1CO1. The van der Waals surface area contributed by atoms with E-state index in [-0.39, 0.29) is 12.2 Å². The number of ether oxygens (including phenoxy) is 4. The Kier molecular flexibility index (Phi) is 4.50. The molecule has 0 radical (unpaired) electrons. The quantitative estimate of drug-likeness (QED) is 0.562. The maximum absolute atomic E-state index is 5.81. The lowest BCUT2D eigenvalue weighted by molar-refractivity contribution is 0.262. The van der Waals surface area contributed by atoms with Crippen LogP contribution in [0.4, 0.5) is 0 Å². The van der Waals surface area contributed by atoms with Gasteiger partial charge in [0.1, 0.15) is 36.9 Å². The van der Waals surface area contributed by atoms with Crippen LogP contribution in [0.1, 0.15) is 5.56 Å². The van der Waals surface area contributed by atoms with Crippen LogP contribution in [0.15, 0.2) is 54.7 Å². The van der Waals surface area contributed by atoms with Crippen LogP contribution in [0.2, 0.25) is 0 Å². The zero-order valence-electron chi connectivity index (χ0n) is 15.7. The number of epoxide rings is 2. The first-order valence-corrected chi connectivity index (χ1v) is 9.50. The summed E-state index contributed by atoms with van der Waals surface area (Å²) in [6.07, 6.45) is 2.48. The third-order valence-electron chi connectivity index (χ3n) is 4.83. The molecule has 6 nitrogen and oxygen atoms in total. The predicted molar refractivity (Wildman–Crippen MR) is 104 cm³/mol. The van der Waals surface area contributed by atoms with Gasteiger partial charge >= 0.3 is 0 Å². The first kappa shape index (κ1) is 17.3. The second-order valence-corrected chi connectivity index (χ2v) is 7.15. The lowest BCUT2D eigenvalue weighted by Gasteiger charge is -2.09. The topological polar surface area (TPSA) is 61.3 Å². The van der Waals surface area contributed by atoms with Crippen LogP contribution in [-0.4, -0.2) is 48.4 Å². The van der Waals surface area contributed by atoms with E-state index in [1.807, 2.05) is 53.3 Å². The fraction of sp³-hybridized carbons (Fsp3) is 0.318. The smallest absolute Gasteiger partial charge is 0.122 e. The molecule has 5 rings (SSSR count). The fourth-order valence-corrected chi connectivity index (χ4v) is 2.99. The lowest BCUT2D eigenvalue weighted by atomic mass is 10.1. The number of nitrogens with zero attached hydrogens (tertiary/aromatic N) is 2. The molecule has 2 aliphatic rings. The maximum Gasteiger partial charge on any atom is 0.122 e. The Labute approximate surface area is 163 Å². The molecular weight excluding hydrogens is 356 g/mol. The molecule has 0 aliphatic carbocycles. The van der Waals surface area contributed by atoms with E-state index < -0.39 is 0 Å². The van der Waals surface area contributed by atoms with Gasteiger partial charge < -0.3 is 18.9 Å². The van der Waals surface area contributed by atoms with Crippen molar-refractivity contribution >= 4 is 0 Å². The van der Waals surface area contributed by atoms with Crippen molar-refractivity contribution in [2.24, 2.45) is 0 Å². The minimum absolute atomic E-state index is 0.258. The molecular formula is C22H22N2O4. The highest BCUT2D eigenvalue weighted by molar-refractivity contribution is 5.62. The second kappa shape index (κ2) is 7.30. The monoisotopic (exact) mass is 378 g/mol. The summed E-state index contributed by atoms with van der Waals surface area (Å²) in [6, 6.07) is 16.1. The first-order valence-electron chi connectivity index (χ1n) is 9.50. The van der Waals surface area contributed by atoms with Crippen molar-refractivity contribution in [1.82, 2.24) is 9.78 Å². The van der Waals surface area contributed by atoms with Crippen molar-refractivity contribution in [2.75, 3.05) is 26.4 Å². The van der Waals surface area contributed by atoms with E-state index in [2.05, 4.69) is 13.0 Å². The average Bonchev–Trinajstić information content (AvgIpc) is 3.65. The second-order valence-electron chi connectivity index (χ2n) is 7.15. The highest BCUT2D eigenvalue weighted by Crippen LogP contribution is 2.27. The molecule has 6 heteroatoms. The van der Waals surface area contributed by atoms with Gasteiger partial charge in [-0.1, -0.05) is 0 Å². The Morgan fingerprint density at radius 2 is 1.68 bits per heavy atom. The summed E-state index contributed by atoms with van der Waals surface area (Å²) in [5.74, 6) is 1.74. The van der Waals surface area contributed by atoms with Crippen LogP contribution in [0.3, 0.4) is 0 Å². The molecule has 3 aromatic rings. The maximum atomic E-state index is 5.81. The third-order valence-corrected chi connectivity index (χ3v) is 4.83. The third kappa shape index (κ3) is 4.03. The fourth-order valence-electron chi connectivity index (χ4n) is 2.99. The standard InChI is InChI=1S/C22H22N2O4/c1-15-10-16(2-7-22(15)28-14-20-13-27-20)21-8-9-24(23-21)17-3-5-18(6-4-17)25-11-19-12-26-19/h2-10,19-20H,11-14H2,1H3. The number of hydrogen-bond donors (Lipinski definition) is 0. The average molecular weight is 378 g/mol. The summed E-state index contributed by atoms with van der Waals surface area (Å²) in [4.78, 5) is 0. The minimum atomic E-state index is 0.258. The highest BCUT2D eigenvalue weighted by Gasteiger charge is 2.23. The van der Waals surface area contributed by atoms with Gasteiger partial charge in [0.05, 0.1) is 24.6 Å². The summed E-state index contributed by atoms with van der Waals surface area (Å²) in [5, 5.41) is 4.71. The molecule has 1 aromatic heterocycles. The molecule has 0 amide bonds. The van der Waals surface area contributed by atoms with Gasteiger partial charge in [-0.05, 0) is 61.0 Å². The van der Waals surface area contributed by atoms with Gasteiger partial charge in [-0.15, -0.1) is 0 Å². The van der Waals surface area contributed by atoms with Gasteiger partial charge in [0.2, 0.25) is 0 Å². The largest absolute Gasteiger partial charge is 0.491 e. The van der Waals surface area contributed by atoms with Crippen LogP contribution in [0.25, 0.3) is 16.9 Å². The molecule has 2 saturated heterocycles. The molecule has 144 valence electrons. The molecule has 28 heavy (non-hydrogen) atoms. The van der Waals surface area contributed by atoms with Crippen molar-refractivity contribution in [3.8, 4) is 28.4 Å². The number of aromatic nitrogens is 2. The molecule has 0 saturated carbocycles. The van der Waals surface area contributed by atoms with Gasteiger partial charge in [0, 0.05) is 11.8 Å². The number of rotatable bonds is 8. The molecule has 2 aliphatic heterocycles. The Hall–Kier alpha value is -2.83. The first-order chi connectivity index (χ1) is 13.7. The molecule has 0 bridgehead atoms. The van der Waals surface area contributed by atoms with Crippen LogP contribution in [0, 0.1) is 6.92 Å². The van der Waals surface area contributed by atoms with Crippen LogP contribution >= 0.6 is 0 Å². The zero-order chi connectivity index (χ0) is 18.9. The van der Waals surface area contributed by atoms with Crippen LogP contribution in [0.5, 0.6) is 11.5 Å². The Balaban J connectivity index is 1.27. The van der Waals surface area contributed by atoms with Gasteiger partial charge in [0.25, 0.3) is 0 Å². The lowest BCUT2D eigenvalue weighted by Crippen LogP contribution is -2.05.